The minimum atomic E-state index is 0.380. The molecule has 0 heterocycles. The van der Waals surface area contributed by atoms with E-state index < -0.39 is 0 Å². The third-order valence-electron chi connectivity index (χ3n) is 3.40. The minimum absolute atomic E-state index is 0.380. The van der Waals surface area contributed by atoms with Gasteiger partial charge in [-0.2, -0.15) is 5.26 Å². The SMILES string of the molecule is CC1CC(NC(C)c2ccc(C#N)cc2)C1. The van der Waals surface area contributed by atoms with Crippen LogP contribution in [0.3, 0.4) is 0 Å². The Kier molecular flexibility index (Phi) is 3.26. The van der Waals surface area contributed by atoms with Crippen LogP contribution in [0.15, 0.2) is 24.3 Å². The molecule has 2 rings (SSSR count). The van der Waals surface area contributed by atoms with Crippen molar-refractivity contribution in [1.29, 1.82) is 5.26 Å². The van der Waals surface area contributed by atoms with E-state index in [1.807, 2.05) is 24.3 Å². The molecule has 1 unspecified atom stereocenters. The number of benzene rings is 1. The Hall–Kier alpha value is -1.33. The topological polar surface area (TPSA) is 35.8 Å². The Balaban J connectivity index is 1.93. The van der Waals surface area contributed by atoms with Crippen LogP contribution in [0.25, 0.3) is 0 Å². The molecule has 1 aliphatic rings. The predicted octanol–water partition coefficient (Wildman–Crippen LogP) is 3.01. The molecule has 2 nitrogen and oxygen atoms in total. The van der Waals surface area contributed by atoms with Crippen LogP contribution in [-0.4, -0.2) is 6.04 Å². The van der Waals surface area contributed by atoms with Crippen molar-refractivity contribution in [3.63, 3.8) is 0 Å². The highest BCUT2D eigenvalue weighted by molar-refractivity contribution is 5.32. The molecule has 1 aliphatic carbocycles. The van der Waals surface area contributed by atoms with Gasteiger partial charge >= 0.3 is 0 Å². The number of nitrogens with zero attached hydrogens (tertiary/aromatic N) is 1. The van der Waals surface area contributed by atoms with Gasteiger partial charge in [0, 0.05) is 12.1 Å². The summed E-state index contributed by atoms with van der Waals surface area (Å²) in [5.74, 6) is 0.880. The van der Waals surface area contributed by atoms with Gasteiger partial charge in [-0.3, -0.25) is 0 Å². The highest BCUT2D eigenvalue weighted by Gasteiger charge is 2.26. The zero-order valence-electron chi connectivity index (χ0n) is 9.90. The van der Waals surface area contributed by atoms with Gasteiger partial charge in [0.05, 0.1) is 11.6 Å². The summed E-state index contributed by atoms with van der Waals surface area (Å²) in [5.41, 5.74) is 1.99. The summed E-state index contributed by atoms with van der Waals surface area (Å²) in [4.78, 5) is 0. The van der Waals surface area contributed by atoms with Crippen molar-refractivity contribution in [2.24, 2.45) is 5.92 Å². The fourth-order valence-electron chi connectivity index (χ4n) is 2.33. The van der Waals surface area contributed by atoms with E-state index in [2.05, 4.69) is 25.2 Å². The van der Waals surface area contributed by atoms with E-state index >= 15 is 0 Å². The molecule has 0 aromatic heterocycles. The molecule has 0 aliphatic heterocycles. The van der Waals surface area contributed by atoms with E-state index in [0.717, 1.165) is 11.5 Å². The average molecular weight is 214 g/mol. The summed E-state index contributed by atoms with van der Waals surface area (Å²) in [6.07, 6.45) is 2.58. The lowest BCUT2D eigenvalue weighted by Gasteiger charge is -2.35. The van der Waals surface area contributed by atoms with Crippen LogP contribution in [0.4, 0.5) is 0 Å². The Morgan fingerprint density at radius 1 is 1.31 bits per heavy atom. The zero-order chi connectivity index (χ0) is 11.5. The van der Waals surface area contributed by atoms with Crippen molar-refractivity contribution >= 4 is 0 Å². The molecule has 16 heavy (non-hydrogen) atoms. The number of nitrogens with one attached hydrogen (secondary N) is 1. The molecule has 1 fully saturated rings. The van der Waals surface area contributed by atoms with E-state index in [-0.39, 0.29) is 0 Å². The van der Waals surface area contributed by atoms with Crippen LogP contribution in [0.2, 0.25) is 0 Å². The van der Waals surface area contributed by atoms with Crippen LogP contribution >= 0.6 is 0 Å². The summed E-state index contributed by atoms with van der Waals surface area (Å²) < 4.78 is 0. The fraction of sp³-hybridized carbons (Fsp3) is 0.500. The van der Waals surface area contributed by atoms with Crippen molar-refractivity contribution in [1.82, 2.24) is 5.32 Å². The molecular formula is C14H18N2. The number of hydrogen-bond acceptors (Lipinski definition) is 2. The van der Waals surface area contributed by atoms with Gasteiger partial charge in [0.1, 0.15) is 0 Å². The minimum Gasteiger partial charge on any atom is -0.307 e. The lowest BCUT2D eigenvalue weighted by molar-refractivity contribution is 0.226. The summed E-state index contributed by atoms with van der Waals surface area (Å²) in [6, 6.07) is 11.1. The molecule has 1 saturated carbocycles. The van der Waals surface area contributed by atoms with Crippen molar-refractivity contribution in [3.05, 3.63) is 35.4 Å². The Labute approximate surface area is 97.3 Å². The second-order valence-corrected chi connectivity index (χ2v) is 4.90. The molecule has 2 heteroatoms. The third kappa shape index (κ3) is 2.43. The molecule has 84 valence electrons. The summed E-state index contributed by atoms with van der Waals surface area (Å²) >= 11 is 0. The Bertz CT molecular complexity index is 382. The molecule has 1 aromatic carbocycles. The van der Waals surface area contributed by atoms with E-state index in [4.69, 9.17) is 5.26 Å². The maximum atomic E-state index is 8.72. The largest absolute Gasteiger partial charge is 0.307 e. The summed E-state index contributed by atoms with van der Waals surface area (Å²) in [5, 5.41) is 12.3. The highest BCUT2D eigenvalue weighted by atomic mass is 15.0. The first kappa shape index (κ1) is 11.2. The van der Waals surface area contributed by atoms with Crippen LogP contribution in [-0.2, 0) is 0 Å². The maximum absolute atomic E-state index is 8.72. The van der Waals surface area contributed by atoms with Crippen molar-refractivity contribution < 1.29 is 0 Å². The second kappa shape index (κ2) is 4.67. The van der Waals surface area contributed by atoms with Crippen LogP contribution in [0.1, 0.15) is 43.9 Å². The molecule has 0 spiro atoms. The molecule has 1 aromatic rings. The van der Waals surface area contributed by atoms with E-state index in [9.17, 15) is 0 Å². The van der Waals surface area contributed by atoms with E-state index in [1.165, 1.54) is 18.4 Å². The first-order chi connectivity index (χ1) is 7.69. The number of rotatable bonds is 3. The first-order valence-corrected chi connectivity index (χ1v) is 5.95. The number of hydrogen-bond donors (Lipinski definition) is 1. The second-order valence-electron chi connectivity index (χ2n) is 4.90. The first-order valence-electron chi connectivity index (χ1n) is 5.95. The quantitative estimate of drug-likeness (QED) is 0.839. The lowest BCUT2D eigenvalue weighted by atomic mass is 9.81. The Morgan fingerprint density at radius 2 is 1.94 bits per heavy atom. The van der Waals surface area contributed by atoms with Gasteiger partial charge in [-0.05, 0) is 43.4 Å². The monoisotopic (exact) mass is 214 g/mol. The van der Waals surface area contributed by atoms with Gasteiger partial charge in [-0.1, -0.05) is 19.1 Å². The standard InChI is InChI=1S/C14H18N2/c1-10-7-14(8-10)16-11(2)13-5-3-12(9-15)4-6-13/h3-6,10-11,14,16H,7-8H2,1-2H3. The lowest BCUT2D eigenvalue weighted by Crippen LogP contribution is -2.41. The van der Waals surface area contributed by atoms with Crippen LogP contribution < -0.4 is 5.32 Å². The normalized spacial score (nSPS) is 25.6. The number of nitriles is 1. The molecule has 1 atom stereocenters. The van der Waals surface area contributed by atoms with Crippen LogP contribution in [0, 0.1) is 17.2 Å². The zero-order valence-corrected chi connectivity index (χ0v) is 9.90. The van der Waals surface area contributed by atoms with Crippen LogP contribution in [0.5, 0.6) is 0 Å². The molecule has 0 radical (unpaired) electrons. The van der Waals surface area contributed by atoms with Crippen molar-refractivity contribution in [2.75, 3.05) is 0 Å². The molecule has 1 N–H and O–H groups in total. The molecule has 0 amide bonds. The third-order valence-corrected chi connectivity index (χ3v) is 3.40. The van der Waals surface area contributed by atoms with Gasteiger partial charge in [0.2, 0.25) is 0 Å². The molecular weight excluding hydrogens is 196 g/mol. The van der Waals surface area contributed by atoms with Gasteiger partial charge < -0.3 is 5.32 Å². The Morgan fingerprint density at radius 3 is 2.44 bits per heavy atom. The van der Waals surface area contributed by atoms with E-state index in [0.29, 0.717) is 12.1 Å². The van der Waals surface area contributed by atoms with Gasteiger partial charge in [0.15, 0.2) is 0 Å². The highest BCUT2D eigenvalue weighted by Crippen LogP contribution is 2.28. The van der Waals surface area contributed by atoms with Gasteiger partial charge in [0.25, 0.3) is 0 Å². The summed E-state index contributed by atoms with van der Waals surface area (Å²) in [6.45, 7) is 4.48. The van der Waals surface area contributed by atoms with E-state index in [1.54, 1.807) is 0 Å². The average Bonchev–Trinajstić information content (AvgIpc) is 2.27. The van der Waals surface area contributed by atoms with Gasteiger partial charge in [-0.25, -0.2) is 0 Å². The van der Waals surface area contributed by atoms with Crippen molar-refractivity contribution in [3.8, 4) is 6.07 Å². The fourth-order valence-corrected chi connectivity index (χ4v) is 2.33. The van der Waals surface area contributed by atoms with Crippen molar-refractivity contribution in [2.45, 2.75) is 38.8 Å². The smallest absolute Gasteiger partial charge is 0.0991 e. The summed E-state index contributed by atoms with van der Waals surface area (Å²) in [7, 11) is 0. The maximum Gasteiger partial charge on any atom is 0.0991 e. The van der Waals surface area contributed by atoms with Gasteiger partial charge in [-0.15, -0.1) is 0 Å². The molecule has 0 saturated heterocycles. The molecule has 0 bridgehead atoms. The predicted molar refractivity (Wildman–Crippen MR) is 64.9 cm³/mol.